The summed E-state index contributed by atoms with van der Waals surface area (Å²) < 4.78 is 1.71. The lowest BCUT2D eigenvalue weighted by Gasteiger charge is -2.07. The summed E-state index contributed by atoms with van der Waals surface area (Å²) in [5.41, 5.74) is 2.28. The molecule has 0 spiro atoms. The number of carbonyl (C=O) groups excluding carboxylic acids is 1. The van der Waals surface area contributed by atoms with E-state index >= 15 is 0 Å². The van der Waals surface area contributed by atoms with Gasteiger partial charge in [-0.25, -0.2) is 0 Å². The molecule has 6 nitrogen and oxygen atoms in total. The zero-order valence-corrected chi connectivity index (χ0v) is 11.4. The fourth-order valence-corrected chi connectivity index (χ4v) is 1.95. The molecule has 0 unspecified atom stereocenters. The SMILES string of the molecule is Cc1cncc(C(=O)Nc2nncn2-c2ccccc2)c1. The maximum Gasteiger partial charge on any atom is 0.259 e. The zero-order chi connectivity index (χ0) is 14.7. The van der Waals surface area contributed by atoms with Gasteiger partial charge in [-0.1, -0.05) is 18.2 Å². The molecule has 0 saturated carbocycles. The van der Waals surface area contributed by atoms with Crippen LogP contribution in [-0.2, 0) is 0 Å². The van der Waals surface area contributed by atoms with E-state index in [1.807, 2.05) is 37.3 Å². The second kappa shape index (κ2) is 5.54. The maximum atomic E-state index is 12.2. The van der Waals surface area contributed by atoms with E-state index in [2.05, 4.69) is 20.5 Å². The molecule has 3 rings (SSSR count). The summed E-state index contributed by atoms with van der Waals surface area (Å²) in [6.07, 6.45) is 4.77. The van der Waals surface area contributed by atoms with Crippen LogP contribution in [0.15, 0.2) is 55.1 Å². The van der Waals surface area contributed by atoms with Crippen LogP contribution in [0.4, 0.5) is 5.95 Å². The first-order valence-electron chi connectivity index (χ1n) is 6.42. The first-order valence-corrected chi connectivity index (χ1v) is 6.42. The van der Waals surface area contributed by atoms with Crippen molar-refractivity contribution < 1.29 is 4.79 Å². The molecule has 0 aliphatic heterocycles. The van der Waals surface area contributed by atoms with Crippen LogP contribution in [0.3, 0.4) is 0 Å². The maximum absolute atomic E-state index is 12.2. The van der Waals surface area contributed by atoms with Crippen molar-refractivity contribution in [3.05, 3.63) is 66.2 Å². The molecule has 0 aliphatic rings. The number of pyridine rings is 1. The molecule has 104 valence electrons. The molecule has 0 bridgehead atoms. The number of rotatable bonds is 3. The zero-order valence-electron chi connectivity index (χ0n) is 11.4. The Balaban J connectivity index is 1.87. The first kappa shape index (κ1) is 13.0. The monoisotopic (exact) mass is 279 g/mol. The highest BCUT2D eigenvalue weighted by atomic mass is 16.1. The minimum Gasteiger partial charge on any atom is -0.290 e. The highest BCUT2D eigenvalue weighted by Gasteiger charge is 2.12. The Hall–Kier alpha value is -3.02. The second-order valence-corrected chi connectivity index (χ2v) is 4.57. The molecule has 6 heteroatoms. The van der Waals surface area contributed by atoms with Crippen LogP contribution in [0.1, 0.15) is 15.9 Å². The molecule has 2 heterocycles. The third kappa shape index (κ3) is 2.79. The number of anilines is 1. The van der Waals surface area contributed by atoms with Gasteiger partial charge in [0.1, 0.15) is 6.33 Å². The van der Waals surface area contributed by atoms with Crippen LogP contribution >= 0.6 is 0 Å². The Morgan fingerprint density at radius 3 is 2.76 bits per heavy atom. The van der Waals surface area contributed by atoms with Crippen molar-refractivity contribution in [2.24, 2.45) is 0 Å². The molecular formula is C15H13N5O. The van der Waals surface area contributed by atoms with Crippen LogP contribution in [0.5, 0.6) is 0 Å². The minimum absolute atomic E-state index is 0.267. The molecule has 3 aromatic rings. The topological polar surface area (TPSA) is 72.7 Å². The van der Waals surface area contributed by atoms with Gasteiger partial charge >= 0.3 is 0 Å². The second-order valence-electron chi connectivity index (χ2n) is 4.57. The van der Waals surface area contributed by atoms with Crippen molar-refractivity contribution in [1.29, 1.82) is 0 Å². The van der Waals surface area contributed by atoms with Gasteiger partial charge in [-0.15, -0.1) is 10.2 Å². The number of aromatic nitrogens is 4. The van der Waals surface area contributed by atoms with E-state index in [-0.39, 0.29) is 5.91 Å². The molecule has 1 amide bonds. The summed E-state index contributed by atoms with van der Waals surface area (Å²) in [6, 6.07) is 11.3. The Morgan fingerprint density at radius 1 is 1.19 bits per heavy atom. The van der Waals surface area contributed by atoms with Crippen LogP contribution in [-0.4, -0.2) is 25.7 Å². The van der Waals surface area contributed by atoms with E-state index in [4.69, 9.17) is 0 Å². The van der Waals surface area contributed by atoms with E-state index in [9.17, 15) is 4.79 Å². The lowest BCUT2D eigenvalue weighted by atomic mass is 10.2. The molecule has 1 aromatic carbocycles. The Kier molecular flexibility index (Phi) is 3.42. The van der Waals surface area contributed by atoms with Gasteiger partial charge in [-0.2, -0.15) is 0 Å². The highest BCUT2D eigenvalue weighted by Crippen LogP contribution is 2.13. The molecule has 21 heavy (non-hydrogen) atoms. The van der Waals surface area contributed by atoms with Crippen molar-refractivity contribution in [2.45, 2.75) is 6.92 Å². The predicted octanol–water partition coefficient (Wildman–Crippen LogP) is 2.22. The van der Waals surface area contributed by atoms with Crippen molar-refractivity contribution >= 4 is 11.9 Å². The molecule has 0 fully saturated rings. The third-order valence-electron chi connectivity index (χ3n) is 2.94. The number of hydrogen-bond donors (Lipinski definition) is 1. The quantitative estimate of drug-likeness (QED) is 0.798. The number of amides is 1. The molecule has 1 N–H and O–H groups in total. The average Bonchev–Trinajstić information content (AvgIpc) is 2.96. The highest BCUT2D eigenvalue weighted by molar-refractivity contribution is 6.03. The number of hydrogen-bond acceptors (Lipinski definition) is 4. The van der Waals surface area contributed by atoms with E-state index in [0.717, 1.165) is 11.3 Å². The van der Waals surface area contributed by atoms with Gasteiger partial charge in [0.2, 0.25) is 5.95 Å². The van der Waals surface area contributed by atoms with E-state index in [1.54, 1.807) is 23.2 Å². The number of carbonyl (C=O) groups is 1. The minimum atomic E-state index is -0.267. The smallest absolute Gasteiger partial charge is 0.259 e. The van der Waals surface area contributed by atoms with Gasteiger partial charge in [0.25, 0.3) is 5.91 Å². The Labute approximate surface area is 121 Å². The van der Waals surface area contributed by atoms with Gasteiger partial charge in [0.15, 0.2) is 0 Å². The number of nitrogens with zero attached hydrogens (tertiary/aromatic N) is 4. The number of nitrogens with one attached hydrogen (secondary N) is 1. The van der Waals surface area contributed by atoms with Gasteiger partial charge in [-0.05, 0) is 30.7 Å². The largest absolute Gasteiger partial charge is 0.290 e. The lowest BCUT2D eigenvalue weighted by Crippen LogP contribution is -2.15. The lowest BCUT2D eigenvalue weighted by molar-refractivity contribution is 0.102. The summed E-state index contributed by atoms with van der Waals surface area (Å²) in [7, 11) is 0. The standard InChI is InChI=1S/C15H13N5O/c1-11-7-12(9-16-8-11)14(21)18-15-19-17-10-20(15)13-5-3-2-4-6-13/h2-10H,1H3,(H,18,19,21). The van der Waals surface area contributed by atoms with Gasteiger partial charge in [0.05, 0.1) is 11.3 Å². The van der Waals surface area contributed by atoms with Gasteiger partial charge in [0, 0.05) is 12.4 Å². The summed E-state index contributed by atoms with van der Waals surface area (Å²) >= 11 is 0. The normalized spacial score (nSPS) is 10.3. The molecule has 0 aliphatic carbocycles. The number of aryl methyl sites for hydroxylation is 1. The predicted molar refractivity (Wildman–Crippen MR) is 78.3 cm³/mol. The van der Waals surface area contributed by atoms with E-state index in [1.165, 1.54) is 6.20 Å². The summed E-state index contributed by atoms with van der Waals surface area (Å²) in [5, 5.41) is 10.5. The van der Waals surface area contributed by atoms with E-state index < -0.39 is 0 Å². The molecule has 2 aromatic heterocycles. The Bertz CT molecular complexity index is 766. The van der Waals surface area contributed by atoms with Crippen LogP contribution < -0.4 is 5.32 Å². The summed E-state index contributed by atoms with van der Waals surface area (Å²) in [4.78, 5) is 16.2. The van der Waals surface area contributed by atoms with Gasteiger partial charge in [-0.3, -0.25) is 19.7 Å². The molecule has 0 radical (unpaired) electrons. The van der Waals surface area contributed by atoms with Crippen molar-refractivity contribution in [3.63, 3.8) is 0 Å². The molecule has 0 atom stereocenters. The number of para-hydroxylation sites is 1. The van der Waals surface area contributed by atoms with Crippen molar-refractivity contribution in [2.75, 3.05) is 5.32 Å². The third-order valence-corrected chi connectivity index (χ3v) is 2.94. The molecule has 0 saturated heterocycles. The fraction of sp³-hybridized carbons (Fsp3) is 0.0667. The summed E-state index contributed by atoms with van der Waals surface area (Å²) in [6.45, 7) is 1.89. The van der Waals surface area contributed by atoms with Gasteiger partial charge < -0.3 is 0 Å². The van der Waals surface area contributed by atoms with E-state index in [0.29, 0.717) is 11.5 Å². The summed E-state index contributed by atoms with van der Waals surface area (Å²) in [5.74, 6) is 0.101. The van der Waals surface area contributed by atoms with Crippen LogP contribution in [0.25, 0.3) is 5.69 Å². The van der Waals surface area contributed by atoms with Crippen molar-refractivity contribution in [1.82, 2.24) is 19.7 Å². The average molecular weight is 279 g/mol. The van der Waals surface area contributed by atoms with Crippen molar-refractivity contribution in [3.8, 4) is 5.69 Å². The fourth-order valence-electron chi connectivity index (χ4n) is 1.95. The van der Waals surface area contributed by atoms with Crippen LogP contribution in [0, 0.1) is 6.92 Å². The Morgan fingerprint density at radius 2 is 2.00 bits per heavy atom. The molecular weight excluding hydrogens is 266 g/mol. The first-order chi connectivity index (χ1) is 10.2. The van der Waals surface area contributed by atoms with Crippen LogP contribution in [0.2, 0.25) is 0 Å². The number of benzene rings is 1.